The number of fused-ring (bicyclic) bond motifs is 1. The van der Waals surface area contributed by atoms with Gasteiger partial charge in [0.15, 0.2) is 6.10 Å². The van der Waals surface area contributed by atoms with Gasteiger partial charge in [-0.1, -0.05) is 0 Å². The second kappa shape index (κ2) is 8.78. The van der Waals surface area contributed by atoms with Crippen molar-refractivity contribution in [3.05, 3.63) is 69.6 Å². The largest absolute Gasteiger partial charge is 0.449 e. The summed E-state index contributed by atoms with van der Waals surface area (Å²) in [6.45, 7) is 5.57. The summed E-state index contributed by atoms with van der Waals surface area (Å²) in [6.07, 6.45) is 0.233. The third kappa shape index (κ3) is 4.61. The van der Waals surface area contributed by atoms with Crippen LogP contribution in [0.2, 0.25) is 0 Å². The molecule has 0 fully saturated rings. The van der Waals surface area contributed by atoms with E-state index in [1.54, 1.807) is 16.7 Å². The maximum absolute atomic E-state index is 12.8. The first-order valence-electron chi connectivity index (χ1n) is 9.63. The lowest BCUT2D eigenvalue weighted by molar-refractivity contribution is -0.123. The number of pyridine rings is 2. The number of hydrogen-bond acceptors (Lipinski definition) is 6. The van der Waals surface area contributed by atoms with E-state index in [1.807, 2.05) is 13.8 Å². The van der Waals surface area contributed by atoms with Crippen molar-refractivity contribution in [2.75, 3.05) is 5.32 Å². The number of primary amides is 1. The maximum Gasteiger partial charge on any atom is 0.344 e. The van der Waals surface area contributed by atoms with Crippen molar-refractivity contribution in [1.29, 1.82) is 0 Å². The average molecular weight is 422 g/mol. The summed E-state index contributed by atoms with van der Waals surface area (Å²) in [6, 6.07) is 9.25. The van der Waals surface area contributed by atoms with E-state index < -0.39 is 29.3 Å². The van der Waals surface area contributed by atoms with Crippen molar-refractivity contribution >= 4 is 34.5 Å². The Morgan fingerprint density at radius 1 is 1.16 bits per heavy atom. The van der Waals surface area contributed by atoms with Gasteiger partial charge in [0, 0.05) is 29.7 Å². The lowest BCUT2D eigenvalue weighted by Crippen LogP contribution is -2.32. The topological polar surface area (TPSA) is 133 Å². The van der Waals surface area contributed by atoms with Crippen molar-refractivity contribution in [1.82, 2.24) is 9.55 Å². The van der Waals surface area contributed by atoms with Crippen LogP contribution in [0.1, 0.15) is 40.3 Å². The normalized spacial score (nSPS) is 11.7. The number of ether oxygens (including phenoxy) is 1. The molecule has 3 aromatic rings. The summed E-state index contributed by atoms with van der Waals surface area (Å²) in [4.78, 5) is 53.3. The zero-order valence-corrected chi connectivity index (χ0v) is 17.3. The van der Waals surface area contributed by atoms with E-state index in [2.05, 4.69) is 10.3 Å². The maximum atomic E-state index is 12.8. The Kier molecular flexibility index (Phi) is 6.15. The second-order valence-corrected chi connectivity index (χ2v) is 6.96. The molecule has 1 aromatic carbocycles. The SMILES string of the molecule is CCn1cc(C(=O)O[C@H](C)C(=O)Nc2ccc(C(N)=O)cc2)c(=O)c2ccc(C)nc21. The second-order valence-electron chi connectivity index (χ2n) is 6.96. The molecule has 0 saturated heterocycles. The fraction of sp³-hybridized carbons (Fsp3) is 0.227. The molecular weight excluding hydrogens is 400 g/mol. The van der Waals surface area contributed by atoms with Gasteiger partial charge in [0.1, 0.15) is 11.2 Å². The van der Waals surface area contributed by atoms with Gasteiger partial charge in [0.05, 0.1) is 5.39 Å². The molecule has 9 heteroatoms. The summed E-state index contributed by atoms with van der Waals surface area (Å²) in [5.41, 5.74) is 6.43. The molecule has 2 amide bonds. The summed E-state index contributed by atoms with van der Waals surface area (Å²) >= 11 is 0. The highest BCUT2D eigenvalue weighted by molar-refractivity contribution is 5.99. The molecule has 2 heterocycles. The average Bonchev–Trinajstić information content (AvgIpc) is 2.74. The number of amides is 2. The van der Waals surface area contributed by atoms with Crippen LogP contribution < -0.4 is 16.5 Å². The molecule has 2 aromatic heterocycles. The Morgan fingerprint density at radius 3 is 2.45 bits per heavy atom. The van der Waals surface area contributed by atoms with E-state index in [9.17, 15) is 19.2 Å². The van der Waals surface area contributed by atoms with E-state index in [0.29, 0.717) is 28.8 Å². The molecule has 0 aliphatic heterocycles. The number of hydrogen-bond donors (Lipinski definition) is 2. The number of nitrogens with one attached hydrogen (secondary N) is 1. The molecule has 1 atom stereocenters. The predicted molar refractivity (Wildman–Crippen MR) is 115 cm³/mol. The summed E-state index contributed by atoms with van der Waals surface area (Å²) < 4.78 is 6.91. The molecule has 160 valence electrons. The zero-order valence-electron chi connectivity index (χ0n) is 17.3. The number of anilines is 1. The van der Waals surface area contributed by atoms with Crippen molar-refractivity contribution in [3.8, 4) is 0 Å². The van der Waals surface area contributed by atoms with E-state index in [1.165, 1.54) is 37.4 Å². The highest BCUT2D eigenvalue weighted by Gasteiger charge is 2.23. The zero-order chi connectivity index (χ0) is 22.7. The van der Waals surface area contributed by atoms with Crippen molar-refractivity contribution in [2.45, 2.75) is 33.4 Å². The van der Waals surface area contributed by atoms with Crippen molar-refractivity contribution < 1.29 is 19.1 Å². The van der Waals surface area contributed by atoms with Crippen LogP contribution in [0, 0.1) is 6.92 Å². The lowest BCUT2D eigenvalue weighted by Gasteiger charge is -2.15. The van der Waals surface area contributed by atoms with E-state index >= 15 is 0 Å². The van der Waals surface area contributed by atoms with Crippen LogP contribution in [0.25, 0.3) is 11.0 Å². The summed E-state index contributed by atoms with van der Waals surface area (Å²) in [5, 5.41) is 2.88. The Labute approximate surface area is 177 Å². The Hall–Kier alpha value is -4.01. The number of aromatic nitrogens is 2. The smallest absolute Gasteiger partial charge is 0.344 e. The van der Waals surface area contributed by atoms with Crippen LogP contribution in [0.4, 0.5) is 5.69 Å². The Balaban J connectivity index is 1.79. The first-order valence-corrected chi connectivity index (χ1v) is 9.63. The van der Waals surface area contributed by atoms with Gasteiger partial charge >= 0.3 is 5.97 Å². The standard InChI is InChI=1S/C22H22N4O5/c1-4-26-11-17(18(27)16-10-5-12(2)24-20(16)26)22(30)31-13(3)21(29)25-15-8-6-14(7-9-15)19(23)28/h5-11,13H,4H2,1-3H3,(H2,23,28)(H,25,29)/t13-/m1/s1. The van der Waals surface area contributed by atoms with Gasteiger partial charge in [0.2, 0.25) is 11.3 Å². The minimum Gasteiger partial charge on any atom is -0.449 e. The van der Waals surface area contributed by atoms with Crippen LogP contribution >= 0.6 is 0 Å². The van der Waals surface area contributed by atoms with Crippen LogP contribution in [-0.2, 0) is 16.1 Å². The molecule has 0 saturated carbocycles. The van der Waals surface area contributed by atoms with Gasteiger partial charge in [-0.15, -0.1) is 0 Å². The molecule has 0 spiro atoms. The van der Waals surface area contributed by atoms with E-state index in [4.69, 9.17) is 10.5 Å². The summed E-state index contributed by atoms with van der Waals surface area (Å²) in [7, 11) is 0. The molecular formula is C22H22N4O5. The van der Waals surface area contributed by atoms with E-state index in [-0.39, 0.29) is 5.56 Å². The number of nitrogens with zero attached hydrogens (tertiary/aromatic N) is 2. The Bertz CT molecular complexity index is 1230. The molecule has 3 rings (SSSR count). The van der Waals surface area contributed by atoms with Gasteiger partial charge < -0.3 is 20.4 Å². The number of aryl methyl sites for hydroxylation is 2. The van der Waals surface area contributed by atoms with Crippen LogP contribution in [0.5, 0.6) is 0 Å². The number of carbonyl (C=O) groups is 3. The molecule has 9 nitrogen and oxygen atoms in total. The first-order chi connectivity index (χ1) is 14.7. The molecule has 0 bridgehead atoms. The third-order valence-electron chi connectivity index (χ3n) is 4.71. The van der Waals surface area contributed by atoms with Gasteiger partial charge in [0.25, 0.3) is 5.91 Å². The third-order valence-corrected chi connectivity index (χ3v) is 4.71. The Morgan fingerprint density at radius 2 is 1.84 bits per heavy atom. The molecule has 0 aliphatic rings. The minimum absolute atomic E-state index is 0.175. The quantitative estimate of drug-likeness (QED) is 0.584. The number of rotatable bonds is 6. The van der Waals surface area contributed by atoms with Crippen LogP contribution in [0.3, 0.4) is 0 Å². The number of nitrogens with two attached hydrogens (primary N) is 1. The first kappa shape index (κ1) is 21.7. The molecule has 0 unspecified atom stereocenters. The van der Waals surface area contributed by atoms with Crippen LogP contribution in [0.15, 0.2) is 47.4 Å². The van der Waals surface area contributed by atoms with Gasteiger partial charge in [-0.25, -0.2) is 9.78 Å². The van der Waals surface area contributed by atoms with Crippen LogP contribution in [-0.4, -0.2) is 33.4 Å². The minimum atomic E-state index is -1.16. The van der Waals surface area contributed by atoms with E-state index in [0.717, 1.165) is 5.69 Å². The molecule has 31 heavy (non-hydrogen) atoms. The number of carbonyl (C=O) groups excluding carboxylic acids is 3. The highest BCUT2D eigenvalue weighted by Crippen LogP contribution is 2.13. The molecule has 0 radical (unpaired) electrons. The number of esters is 1. The van der Waals surface area contributed by atoms with Gasteiger partial charge in [-0.05, 0) is 57.2 Å². The molecule has 3 N–H and O–H groups in total. The fourth-order valence-corrected chi connectivity index (χ4v) is 2.99. The van der Waals surface area contributed by atoms with Crippen molar-refractivity contribution in [2.24, 2.45) is 5.73 Å². The summed E-state index contributed by atoms with van der Waals surface area (Å²) in [5.74, 6) is -2.07. The number of benzene rings is 1. The highest BCUT2D eigenvalue weighted by atomic mass is 16.5. The van der Waals surface area contributed by atoms with Gasteiger partial charge in [-0.3, -0.25) is 14.4 Å². The lowest BCUT2D eigenvalue weighted by atomic mass is 10.1. The fourth-order valence-electron chi connectivity index (χ4n) is 2.99. The molecule has 0 aliphatic carbocycles. The predicted octanol–water partition coefficient (Wildman–Crippen LogP) is 2.01. The van der Waals surface area contributed by atoms with Crippen molar-refractivity contribution in [3.63, 3.8) is 0 Å². The monoisotopic (exact) mass is 422 g/mol. The van der Waals surface area contributed by atoms with Gasteiger partial charge in [-0.2, -0.15) is 0 Å².